The summed E-state index contributed by atoms with van der Waals surface area (Å²) >= 11 is 5.71. The highest BCUT2D eigenvalue weighted by Crippen LogP contribution is 2.27. The summed E-state index contributed by atoms with van der Waals surface area (Å²) in [6.45, 7) is 0. The molecule has 0 fully saturated rings. The topological polar surface area (TPSA) is 109 Å². The number of aromatic carboxylic acids is 1. The quantitative estimate of drug-likeness (QED) is 0.783. The lowest BCUT2D eigenvalue weighted by atomic mass is 9.82. The molecule has 0 saturated heterocycles. The number of carboxylic acids is 2. The van der Waals surface area contributed by atoms with E-state index in [4.69, 9.17) is 11.6 Å². The number of aliphatic carboxylic acids is 1. The molecule has 1 aliphatic carbocycles. The van der Waals surface area contributed by atoms with Crippen molar-refractivity contribution in [1.82, 2.24) is 0 Å². The number of hydrogen-bond donors (Lipinski definition) is 1. The second kappa shape index (κ2) is 6.62. The van der Waals surface area contributed by atoms with E-state index >= 15 is 0 Å². The van der Waals surface area contributed by atoms with Crippen LogP contribution in [0.1, 0.15) is 23.2 Å². The Morgan fingerprint density at radius 2 is 1.73 bits per heavy atom. The summed E-state index contributed by atoms with van der Waals surface area (Å²) in [6, 6.07) is 3.92. The van der Waals surface area contributed by atoms with Crippen molar-refractivity contribution in [2.45, 2.75) is 12.8 Å². The van der Waals surface area contributed by atoms with Crippen LogP contribution in [0.25, 0.3) is 0 Å². The first kappa shape index (κ1) is 16.0. The summed E-state index contributed by atoms with van der Waals surface area (Å²) in [4.78, 5) is 34.2. The Kier molecular flexibility index (Phi) is 4.82. The highest BCUT2D eigenvalue weighted by Gasteiger charge is 2.29. The minimum Gasteiger partial charge on any atom is -0.550 e. The van der Waals surface area contributed by atoms with Crippen molar-refractivity contribution < 1.29 is 24.6 Å². The smallest absolute Gasteiger partial charge is 0.228 e. The van der Waals surface area contributed by atoms with Gasteiger partial charge in [-0.2, -0.15) is 0 Å². The van der Waals surface area contributed by atoms with Crippen LogP contribution in [-0.4, -0.2) is 17.8 Å². The van der Waals surface area contributed by atoms with E-state index in [1.165, 1.54) is 18.2 Å². The molecular weight excluding hydrogens is 310 g/mol. The minimum absolute atomic E-state index is 0.00814. The van der Waals surface area contributed by atoms with E-state index in [0.717, 1.165) is 0 Å². The maximum Gasteiger partial charge on any atom is 0.228 e. The van der Waals surface area contributed by atoms with Gasteiger partial charge in [0.05, 0.1) is 11.9 Å². The third-order valence-corrected chi connectivity index (χ3v) is 3.86. The summed E-state index contributed by atoms with van der Waals surface area (Å²) in [5.41, 5.74) is -0.0419. The van der Waals surface area contributed by atoms with Gasteiger partial charge in [-0.25, -0.2) is 0 Å². The molecule has 1 N–H and O–H groups in total. The SMILES string of the molecule is O=C([O-])c1cc(NC(=O)[C@@H]2CC=CC[C@@H]2C(=O)[O-])ccc1Cl. The minimum atomic E-state index is -1.46. The molecule has 0 aromatic heterocycles. The maximum absolute atomic E-state index is 12.2. The second-order valence-electron chi connectivity index (χ2n) is 4.95. The Morgan fingerprint density at radius 1 is 1.09 bits per heavy atom. The van der Waals surface area contributed by atoms with Crippen molar-refractivity contribution in [1.29, 1.82) is 0 Å². The number of rotatable bonds is 4. The second-order valence-corrected chi connectivity index (χ2v) is 5.35. The Balaban J connectivity index is 2.18. The molecule has 0 bridgehead atoms. The molecule has 0 saturated carbocycles. The summed E-state index contributed by atoms with van der Waals surface area (Å²) in [5, 5.41) is 24.5. The number of carboxylic acid groups (broad SMARTS) is 2. The van der Waals surface area contributed by atoms with Crippen molar-refractivity contribution in [3.05, 3.63) is 40.9 Å². The van der Waals surface area contributed by atoms with E-state index in [1.807, 2.05) is 0 Å². The number of carbonyl (C=O) groups is 3. The first-order chi connectivity index (χ1) is 10.4. The Morgan fingerprint density at radius 3 is 2.32 bits per heavy atom. The molecule has 0 heterocycles. The van der Waals surface area contributed by atoms with Gasteiger partial charge in [0.15, 0.2) is 0 Å². The molecular formula is C15H12ClNO5-2. The van der Waals surface area contributed by atoms with Gasteiger partial charge < -0.3 is 25.1 Å². The number of amides is 1. The van der Waals surface area contributed by atoms with Crippen molar-refractivity contribution in [3.8, 4) is 0 Å². The van der Waals surface area contributed by atoms with Crippen LogP contribution in [0.4, 0.5) is 5.69 Å². The van der Waals surface area contributed by atoms with E-state index in [9.17, 15) is 24.6 Å². The molecule has 0 unspecified atom stereocenters. The van der Waals surface area contributed by atoms with Crippen LogP contribution in [0.5, 0.6) is 0 Å². The zero-order chi connectivity index (χ0) is 16.3. The Bertz CT molecular complexity index is 655. The van der Waals surface area contributed by atoms with Gasteiger partial charge in [0.1, 0.15) is 0 Å². The van der Waals surface area contributed by atoms with Gasteiger partial charge in [-0.05, 0) is 31.0 Å². The number of halogens is 1. The van der Waals surface area contributed by atoms with Crippen LogP contribution >= 0.6 is 11.6 Å². The van der Waals surface area contributed by atoms with Crippen LogP contribution < -0.4 is 15.5 Å². The van der Waals surface area contributed by atoms with Crippen LogP contribution in [-0.2, 0) is 9.59 Å². The third kappa shape index (κ3) is 3.46. The number of hydrogen-bond acceptors (Lipinski definition) is 5. The Hall–Kier alpha value is -2.34. The fourth-order valence-electron chi connectivity index (χ4n) is 2.36. The first-order valence-corrected chi connectivity index (χ1v) is 6.95. The van der Waals surface area contributed by atoms with Gasteiger partial charge in [-0.3, -0.25) is 4.79 Å². The van der Waals surface area contributed by atoms with Gasteiger partial charge in [-0.1, -0.05) is 23.8 Å². The predicted octanol–water partition coefficient (Wildman–Crippen LogP) is -0.0257. The molecule has 1 aliphatic rings. The molecule has 1 amide bonds. The van der Waals surface area contributed by atoms with Crippen molar-refractivity contribution in [2.24, 2.45) is 11.8 Å². The molecule has 116 valence electrons. The number of allylic oxidation sites excluding steroid dienone is 2. The van der Waals surface area contributed by atoms with Crippen LogP contribution in [0.2, 0.25) is 5.02 Å². The zero-order valence-electron chi connectivity index (χ0n) is 11.4. The van der Waals surface area contributed by atoms with Crippen molar-refractivity contribution in [3.63, 3.8) is 0 Å². The standard InChI is InChI=1S/C15H14ClNO5/c16-12-6-5-8(7-11(12)15(21)22)17-13(18)9-3-1-2-4-10(9)14(19)20/h1-2,5-7,9-10H,3-4H2,(H,17,18)(H,19,20)(H,21,22)/p-2/t9-,10+/m1/s1. The fourth-order valence-corrected chi connectivity index (χ4v) is 2.55. The van der Waals surface area contributed by atoms with Crippen molar-refractivity contribution in [2.75, 3.05) is 5.32 Å². The predicted molar refractivity (Wildman–Crippen MR) is 74.8 cm³/mol. The van der Waals surface area contributed by atoms with Gasteiger partial charge in [0.25, 0.3) is 0 Å². The van der Waals surface area contributed by atoms with Crippen LogP contribution in [0, 0.1) is 11.8 Å². The first-order valence-electron chi connectivity index (χ1n) is 6.57. The lowest BCUT2D eigenvalue weighted by Crippen LogP contribution is -2.41. The highest BCUT2D eigenvalue weighted by molar-refractivity contribution is 6.33. The van der Waals surface area contributed by atoms with E-state index in [-0.39, 0.29) is 29.1 Å². The lowest BCUT2D eigenvalue weighted by Gasteiger charge is -2.28. The molecule has 0 aliphatic heterocycles. The third-order valence-electron chi connectivity index (χ3n) is 3.53. The van der Waals surface area contributed by atoms with Crippen LogP contribution in [0.15, 0.2) is 30.4 Å². The summed E-state index contributed by atoms with van der Waals surface area (Å²) in [6.07, 6.45) is 3.94. The molecule has 22 heavy (non-hydrogen) atoms. The molecule has 1 aromatic rings. The fraction of sp³-hybridized carbons (Fsp3) is 0.267. The number of anilines is 1. The van der Waals surface area contributed by atoms with Gasteiger partial charge >= 0.3 is 0 Å². The van der Waals surface area contributed by atoms with Gasteiger partial charge in [0.2, 0.25) is 5.91 Å². The number of carbonyl (C=O) groups excluding carboxylic acids is 3. The molecule has 2 rings (SSSR count). The summed E-state index contributed by atoms with van der Waals surface area (Å²) in [7, 11) is 0. The molecule has 0 spiro atoms. The molecule has 0 radical (unpaired) electrons. The number of benzene rings is 1. The Labute approximate surface area is 131 Å². The zero-order valence-corrected chi connectivity index (χ0v) is 12.1. The van der Waals surface area contributed by atoms with Crippen molar-refractivity contribution >= 4 is 35.1 Å². The molecule has 2 atom stereocenters. The summed E-state index contributed by atoms with van der Waals surface area (Å²) < 4.78 is 0. The largest absolute Gasteiger partial charge is 0.550 e. The average molecular weight is 322 g/mol. The highest BCUT2D eigenvalue weighted by atomic mass is 35.5. The van der Waals surface area contributed by atoms with Gasteiger partial charge in [-0.15, -0.1) is 0 Å². The molecule has 1 aromatic carbocycles. The maximum atomic E-state index is 12.2. The van der Waals surface area contributed by atoms with E-state index in [1.54, 1.807) is 12.2 Å². The normalized spacial score (nSPS) is 20.4. The van der Waals surface area contributed by atoms with E-state index in [2.05, 4.69) is 5.32 Å². The van der Waals surface area contributed by atoms with Crippen LogP contribution in [0.3, 0.4) is 0 Å². The van der Waals surface area contributed by atoms with E-state index < -0.39 is 29.7 Å². The van der Waals surface area contributed by atoms with E-state index in [0.29, 0.717) is 0 Å². The number of nitrogens with one attached hydrogen (secondary N) is 1. The summed E-state index contributed by atoms with van der Waals surface area (Å²) in [5.74, 6) is -4.93. The lowest BCUT2D eigenvalue weighted by molar-refractivity contribution is -0.313. The average Bonchev–Trinajstić information content (AvgIpc) is 2.48. The monoisotopic (exact) mass is 321 g/mol. The molecule has 7 heteroatoms. The molecule has 6 nitrogen and oxygen atoms in total. The van der Waals surface area contributed by atoms with Gasteiger partial charge in [0, 0.05) is 28.2 Å².